The summed E-state index contributed by atoms with van der Waals surface area (Å²) in [6.45, 7) is 9.08. The minimum absolute atomic E-state index is 0.00548. The number of hydrogen-bond acceptors (Lipinski definition) is 8. The van der Waals surface area contributed by atoms with Gasteiger partial charge in [-0.3, -0.25) is 4.79 Å². The SMILES string of the molecule is CCCSc1nc2sc3c(c2c2nnc(SCC(=O)N[C@H](C)CCc4ccccc4)n12)CC(C)(C)OC3. The van der Waals surface area contributed by atoms with E-state index < -0.39 is 0 Å². The maximum atomic E-state index is 12.8. The number of thioether (sulfide) groups is 2. The van der Waals surface area contributed by atoms with Crippen LogP contribution in [0.15, 0.2) is 40.6 Å². The number of rotatable bonds is 10. The maximum absolute atomic E-state index is 12.8. The highest BCUT2D eigenvalue weighted by Gasteiger charge is 2.31. The minimum Gasteiger partial charge on any atom is -0.370 e. The van der Waals surface area contributed by atoms with Gasteiger partial charge in [-0.1, -0.05) is 60.8 Å². The van der Waals surface area contributed by atoms with E-state index in [0.717, 1.165) is 52.5 Å². The van der Waals surface area contributed by atoms with Gasteiger partial charge in [0.15, 0.2) is 16.0 Å². The Hall–Kier alpha value is -2.14. The number of fused-ring (bicyclic) bond motifs is 5. The van der Waals surface area contributed by atoms with Gasteiger partial charge >= 0.3 is 0 Å². The van der Waals surface area contributed by atoms with E-state index in [1.165, 1.54) is 27.8 Å². The predicted molar refractivity (Wildman–Crippen MR) is 153 cm³/mol. The van der Waals surface area contributed by atoms with Crippen molar-refractivity contribution in [1.29, 1.82) is 0 Å². The summed E-state index contributed by atoms with van der Waals surface area (Å²) in [6, 6.07) is 10.5. The first kappa shape index (κ1) is 26.5. The predicted octanol–water partition coefficient (Wildman–Crippen LogP) is 5.92. The third-order valence-corrected chi connectivity index (χ3v) is 9.57. The van der Waals surface area contributed by atoms with Crippen LogP contribution in [-0.2, 0) is 29.0 Å². The molecule has 0 spiro atoms. The van der Waals surface area contributed by atoms with Gasteiger partial charge in [0.25, 0.3) is 0 Å². The molecule has 0 aliphatic carbocycles. The van der Waals surface area contributed by atoms with Crippen molar-refractivity contribution in [3.8, 4) is 0 Å². The van der Waals surface area contributed by atoms with Crippen LogP contribution in [0.3, 0.4) is 0 Å². The van der Waals surface area contributed by atoms with E-state index in [9.17, 15) is 4.79 Å². The quantitative estimate of drug-likeness (QED) is 0.192. The summed E-state index contributed by atoms with van der Waals surface area (Å²) in [6.07, 6.45) is 3.70. The smallest absolute Gasteiger partial charge is 0.230 e. The van der Waals surface area contributed by atoms with Crippen LogP contribution in [0, 0.1) is 0 Å². The van der Waals surface area contributed by atoms with Gasteiger partial charge in [-0.05, 0) is 51.2 Å². The second-order valence-electron chi connectivity index (χ2n) is 10.1. The van der Waals surface area contributed by atoms with Crippen LogP contribution in [0.5, 0.6) is 0 Å². The Morgan fingerprint density at radius 1 is 1.22 bits per heavy atom. The Morgan fingerprint density at radius 3 is 2.81 bits per heavy atom. The molecule has 1 aromatic carbocycles. The van der Waals surface area contributed by atoms with Crippen LogP contribution in [0.1, 0.15) is 56.5 Å². The van der Waals surface area contributed by atoms with E-state index in [1.54, 1.807) is 23.1 Å². The number of carbonyl (C=O) groups excluding carboxylic acids is 1. The van der Waals surface area contributed by atoms with Crippen molar-refractivity contribution in [2.45, 2.75) is 81.9 Å². The van der Waals surface area contributed by atoms with Crippen LogP contribution in [0.25, 0.3) is 15.9 Å². The van der Waals surface area contributed by atoms with Crippen molar-refractivity contribution in [1.82, 2.24) is 24.9 Å². The first-order valence-electron chi connectivity index (χ1n) is 12.8. The Kier molecular flexibility index (Phi) is 8.09. The first-order chi connectivity index (χ1) is 17.8. The molecule has 196 valence electrons. The molecule has 5 rings (SSSR count). The molecular weight excluding hydrogens is 523 g/mol. The number of benzene rings is 1. The Morgan fingerprint density at radius 2 is 2.03 bits per heavy atom. The summed E-state index contributed by atoms with van der Waals surface area (Å²) >= 11 is 4.83. The largest absolute Gasteiger partial charge is 0.370 e. The molecule has 1 amide bonds. The molecule has 1 atom stereocenters. The first-order valence-corrected chi connectivity index (χ1v) is 15.6. The number of carbonyl (C=O) groups is 1. The molecule has 4 aromatic rings. The standard InChI is InChI=1S/C27H33N5O2S3/c1-5-13-35-25-29-24-22(19-14-27(3,4)34-15-20(19)37-24)23-30-31-26(32(23)25)36-16-21(33)28-17(2)11-12-18-9-7-6-8-10-18/h6-10,17H,5,11-16H2,1-4H3,(H,28,33)/t17-/m1/s1. The summed E-state index contributed by atoms with van der Waals surface area (Å²) in [7, 11) is 0. The molecular formula is C27H33N5O2S3. The van der Waals surface area contributed by atoms with Gasteiger partial charge in [0, 0.05) is 23.1 Å². The van der Waals surface area contributed by atoms with Gasteiger partial charge in [0.2, 0.25) is 5.91 Å². The lowest BCUT2D eigenvalue weighted by Gasteiger charge is -2.30. The van der Waals surface area contributed by atoms with Crippen molar-refractivity contribution < 1.29 is 9.53 Å². The van der Waals surface area contributed by atoms with Gasteiger partial charge in [-0.25, -0.2) is 9.38 Å². The van der Waals surface area contributed by atoms with Crippen molar-refractivity contribution in [3.63, 3.8) is 0 Å². The van der Waals surface area contributed by atoms with Crippen LogP contribution >= 0.6 is 34.9 Å². The summed E-state index contributed by atoms with van der Waals surface area (Å²) in [5.74, 6) is 1.25. The fourth-order valence-electron chi connectivity index (χ4n) is 4.52. The lowest BCUT2D eigenvalue weighted by atomic mass is 9.94. The number of thiophene rings is 1. The number of nitrogens with one attached hydrogen (secondary N) is 1. The van der Waals surface area contributed by atoms with Crippen molar-refractivity contribution in [3.05, 3.63) is 46.3 Å². The highest BCUT2D eigenvalue weighted by atomic mass is 32.2. The average molecular weight is 556 g/mol. The number of aryl methyl sites for hydroxylation is 1. The molecule has 0 saturated heterocycles. The van der Waals surface area contributed by atoms with Crippen LogP contribution in [0.4, 0.5) is 0 Å². The van der Waals surface area contributed by atoms with Gasteiger partial charge in [0.1, 0.15) is 4.83 Å². The minimum atomic E-state index is -0.222. The summed E-state index contributed by atoms with van der Waals surface area (Å²) in [5.41, 5.74) is 3.17. The number of nitrogens with zero attached hydrogens (tertiary/aromatic N) is 4. The second kappa shape index (κ2) is 11.3. The van der Waals surface area contributed by atoms with E-state index in [-0.39, 0.29) is 23.3 Å². The lowest BCUT2D eigenvalue weighted by molar-refractivity contribution is -0.119. The third kappa shape index (κ3) is 5.97. The van der Waals surface area contributed by atoms with Crippen LogP contribution < -0.4 is 5.32 Å². The fourth-order valence-corrected chi connectivity index (χ4v) is 7.32. The number of hydrogen-bond donors (Lipinski definition) is 1. The number of ether oxygens (including phenoxy) is 1. The highest BCUT2D eigenvalue weighted by Crippen LogP contribution is 2.41. The number of amides is 1. The van der Waals surface area contributed by atoms with E-state index in [2.05, 4.69) is 59.7 Å². The van der Waals surface area contributed by atoms with E-state index in [0.29, 0.717) is 11.8 Å². The van der Waals surface area contributed by atoms with E-state index in [1.807, 2.05) is 18.2 Å². The Bertz CT molecular complexity index is 1400. The molecule has 7 nitrogen and oxygen atoms in total. The van der Waals surface area contributed by atoms with Crippen LogP contribution in [-0.4, -0.2) is 48.6 Å². The molecule has 0 unspecified atom stereocenters. The molecule has 1 aliphatic rings. The Balaban J connectivity index is 1.35. The lowest BCUT2D eigenvalue weighted by Crippen LogP contribution is -2.34. The maximum Gasteiger partial charge on any atom is 0.230 e. The third-order valence-electron chi connectivity index (χ3n) is 6.40. The van der Waals surface area contributed by atoms with Crippen molar-refractivity contribution in [2.24, 2.45) is 0 Å². The van der Waals surface area contributed by atoms with Crippen molar-refractivity contribution >= 4 is 56.6 Å². The molecule has 3 aromatic heterocycles. The molecule has 0 bridgehead atoms. The zero-order valence-electron chi connectivity index (χ0n) is 21.7. The average Bonchev–Trinajstić information content (AvgIpc) is 3.45. The molecule has 37 heavy (non-hydrogen) atoms. The monoisotopic (exact) mass is 555 g/mol. The molecule has 0 fully saturated rings. The van der Waals surface area contributed by atoms with Gasteiger partial charge < -0.3 is 10.1 Å². The van der Waals surface area contributed by atoms with Gasteiger partial charge in [0.05, 0.1) is 23.3 Å². The van der Waals surface area contributed by atoms with E-state index >= 15 is 0 Å². The molecule has 1 aliphatic heterocycles. The molecule has 1 N–H and O–H groups in total. The molecule has 0 radical (unpaired) electrons. The summed E-state index contributed by atoms with van der Waals surface area (Å²) < 4.78 is 8.11. The Labute approximate surface area is 230 Å². The van der Waals surface area contributed by atoms with Crippen molar-refractivity contribution in [2.75, 3.05) is 11.5 Å². The molecule has 0 saturated carbocycles. The zero-order chi connectivity index (χ0) is 26.0. The topological polar surface area (TPSA) is 81.4 Å². The van der Waals surface area contributed by atoms with E-state index in [4.69, 9.17) is 9.72 Å². The van der Waals surface area contributed by atoms with Gasteiger partial charge in [-0.2, -0.15) is 0 Å². The zero-order valence-corrected chi connectivity index (χ0v) is 24.2. The normalized spacial score (nSPS) is 15.7. The fraction of sp³-hybridized carbons (Fsp3) is 0.481. The van der Waals surface area contributed by atoms with Crippen LogP contribution in [0.2, 0.25) is 0 Å². The molecule has 10 heteroatoms. The second-order valence-corrected chi connectivity index (χ2v) is 13.2. The summed E-state index contributed by atoms with van der Waals surface area (Å²) in [5, 5.41) is 14.9. The number of aromatic nitrogens is 4. The summed E-state index contributed by atoms with van der Waals surface area (Å²) in [4.78, 5) is 20.0. The molecule has 4 heterocycles. The highest BCUT2D eigenvalue weighted by molar-refractivity contribution is 8.00. The van der Waals surface area contributed by atoms with Gasteiger partial charge in [-0.15, -0.1) is 21.5 Å².